The molecule has 0 spiro atoms. The van der Waals surface area contributed by atoms with Gasteiger partial charge in [0.05, 0.1) is 0 Å². The van der Waals surface area contributed by atoms with Gasteiger partial charge in [0.25, 0.3) is 5.56 Å². The Bertz CT molecular complexity index is 412. The first-order chi connectivity index (χ1) is 6.74. The summed E-state index contributed by atoms with van der Waals surface area (Å²) >= 11 is 0. The first kappa shape index (κ1) is 12.6. The molecule has 1 aromatic heterocycles. The summed E-state index contributed by atoms with van der Waals surface area (Å²) < 4.78 is 1.82. The van der Waals surface area contributed by atoms with Gasteiger partial charge in [-0.25, -0.2) is 4.98 Å². The van der Waals surface area contributed by atoms with Crippen LogP contribution >= 0.6 is 0 Å². The average molecular weight is 375 g/mol. The largest absolute Gasteiger partial charge is 0.339 e. The Labute approximate surface area is 104 Å². The Balaban J connectivity index is 0.00000112. The Morgan fingerprint density at radius 1 is 1.47 bits per heavy atom. The Hall–Kier alpha value is -0.432. The van der Waals surface area contributed by atoms with Crippen LogP contribution in [-0.2, 0) is 40.5 Å². The number of hydrogen-bond donors (Lipinski definition) is 0. The number of aryl methyl sites for hydroxylation is 2. The monoisotopic (exact) mass is 375 g/mol. The van der Waals surface area contributed by atoms with E-state index in [9.17, 15) is 4.79 Å². The van der Waals surface area contributed by atoms with E-state index in [0.717, 1.165) is 42.9 Å². The maximum atomic E-state index is 11.9. The fourth-order valence-corrected chi connectivity index (χ4v) is 2.02. The van der Waals surface area contributed by atoms with Gasteiger partial charge >= 0.3 is 0 Å². The Kier molecular flexibility index (Phi) is 4.27. The van der Waals surface area contributed by atoms with Crippen molar-refractivity contribution in [2.24, 2.45) is 0 Å². The molecule has 82 valence electrons. The third kappa shape index (κ3) is 2.22. The summed E-state index contributed by atoms with van der Waals surface area (Å²) in [5, 5.41) is 0. The maximum Gasteiger partial charge on any atom is 0.254 e. The molecule has 0 saturated carbocycles. The van der Waals surface area contributed by atoms with E-state index in [-0.39, 0.29) is 26.6 Å². The normalized spacial score (nSPS) is 14.3. The number of nitrogens with zero attached hydrogens (tertiary/aromatic N) is 2. The summed E-state index contributed by atoms with van der Waals surface area (Å²) in [7, 11) is 0. The molecule has 3 nitrogen and oxygen atoms in total. The maximum absolute atomic E-state index is 11.9. The van der Waals surface area contributed by atoms with Crippen molar-refractivity contribution in [2.75, 3.05) is 0 Å². The van der Waals surface area contributed by atoms with Crippen LogP contribution in [0.25, 0.3) is 0 Å². The zero-order chi connectivity index (χ0) is 10.1. The standard InChI is InChI=1S/C11H15N2O.W/c1-3-9-8(2)12-10-6-4-5-7-13(10)11(9)14;/h1,3-7H2,2H3;/q-1;. The second-order valence-electron chi connectivity index (χ2n) is 3.76. The van der Waals surface area contributed by atoms with E-state index in [4.69, 9.17) is 0 Å². The van der Waals surface area contributed by atoms with Crippen molar-refractivity contribution in [1.29, 1.82) is 0 Å². The van der Waals surface area contributed by atoms with Crippen LogP contribution in [0.2, 0.25) is 0 Å². The molecule has 0 unspecified atom stereocenters. The molecule has 0 fully saturated rings. The van der Waals surface area contributed by atoms with E-state index in [0.29, 0.717) is 6.42 Å². The van der Waals surface area contributed by atoms with E-state index >= 15 is 0 Å². The second kappa shape index (κ2) is 5.07. The van der Waals surface area contributed by atoms with E-state index < -0.39 is 0 Å². The van der Waals surface area contributed by atoms with Crippen LogP contribution < -0.4 is 5.56 Å². The fourth-order valence-electron chi connectivity index (χ4n) is 2.02. The third-order valence-electron chi connectivity index (χ3n) is 2.83. The van der Waals surface area contributed by atoms with Gasteiger partial charge in [-0.05, 0) is 19.8 Å². The minimum absolute atomic E-state index is 0. The van der Waals surface area contributed by atoms with Gasteiger partial charge in [-0.2, -0.15) is 0 Å². The molecule has 1 aromatic rings. The second-order valence-corrected chi connectivity index (χ2v) is 3.76. The molecule has 0 amide bonds. The van der Waals surface area contributed by atoms with Crippen LogP contribution in [0.3, 0.4) is 0 Å². The van der Waals surface area contributed by atoms with E-state index in [2.05, 4.69) is 11.9 Å². The summed E-state index contributed by atoms with van der Waals surface area (Å²) in [6, 6.07) is 0. The van der Waals surface area contributed by atoms with Crippen LogP contribution in [0, 0.1) is 13.8 Å². The average Bonchev–Trinajstić information content (AvgIpc) is 2.18. The van der Waals surface area contributed by atoms with Crippen molar-refractivity contribution in [3.05, 3.63) is 34.4 Å². The summed E-state index contributed by atoms with van der Waals surface area (Å²) in [4.78, 5) is 16.4. The molecule has 0 aliphatic carbocycles. The summed E-state index contributed by atoms with van der Waals surface area (Å²) in [5.41, 5.74) is 1.76. The predicted molar refractivity (Wildman–Crippen MR) is 55.2 cm³/mol. The third-order valence-corrected chi connectivity index (χ3v) is 2.83. The van der Waals surface area contributed by atoms with Gasteiger partial charge in [0.1, 0.15) is 5.82 Å². The zero-order valence-corrected chi connectivity index (χ0v) is 11.9. The van der Waals surface area contributed by atoms with Crippen molar-refractivity contribution in [3.8, 4) is 0 Å². The minimum atomic E-state index is 0. The van der Waals surface area contributed by atoms with Crippen LogP contribution in [0.4, 0.5) is 0 Å². The van der Waals surface area contributed by atoms with E-state index in [1.807, 2.05) is 11.5 Å². The van der Waals surface area contributed by atoms with Crippen molar-refractivity contribution in [1.82, 2.24) is 9.55 Å². The summed E-state index contributed by atoms with van der Waals surface area (Å²) in [6.45, 7) is 6.50. The number of fused-ring (bicyclic) bond motifs is 1. The van der Waals surface area contributed by atoms with Gasteiger partial charge in [0, 0.05) is 45.3 Å². The molecule has 15 heavy (non-hydrogen) atoms. The fraction of sp³-hybridized carbons (Fsp3) is 0.545. The van der Waals surface area contributed by atoms with Crippen LogP contribution in [0.1, 0.15) is 29.9 Å². The molecule has 1 aliphatic rings. The van der Waals surface area contributed by atoms with Gasteiger partial charge in [-0.1, -0.05) is 0 Å². The topological polar surface area (TPSA) is 34.9 Å². The summed E-state index contributed by atoms with van der Waals surface area (Å²) in [5.74, 6) is 0.955. The molecule has 4 heteroatoms. The predicted octanol–water partition coefficient (Wildman–Crippen LogP) is 1.26. The smallest absolute Gasteiger partial charge is 0.254 e. The number of aromatic nitrogens is 2. The van der Waals surface area contributed by atoms with Crippen molar-refractivity contribution < 1.29 is 21.1 Å². The van der Waals surface area contributed by atoms with Crippen molar-refractivity contribution in [2.45, 2.75) is 39.2 Å². The van der Waals surface area contributed by atoms with E-state index in [1.54, 1.807) is 0 Å². The van der Waals surface area contributed by atoms with Crippen molar-refractivity contribution >= 4 is 0 Å². The Morgan fingerprint density at radius 2 is 2.20 bits per heavy atom. The molecule has 0 radical (unpaired) electrons. The first-order valence-electron chi connectivity index (χ1n) is 5.12. The number of rotatable bonds is 1. The molecule has 2 rings (SSSR count). The van der Waals surface area contributed by atoms with Crippen LogP contribution in [-0.4, -0.2) is 9.55 Å². The Morgan fingerprint density at radius 3 is 2.87 bits per heavy atom. The molecule has 0 N–H and O–H groups in total. The van der Waals surface area contributed by atoms with Crippen molar-refractivity contribution in [3.63, 3.8) is 0 Å². The van der Waals surface area contributed by atoms with E-state index in [1.165, 1.54) is 0 Å². The quantitative estimate of drug-likeness (QED) is 0.693. The van der Waals surface area contributed by atoms with Gasteiger partial charge in [0.2, 0.25) is 0 Å². The number of hydrogen-bond acceptors (Lipinski definition) is 2. The zero-order valence-electron chi connectivity index (χ0n) is 8.95. The molecule has 2 heterocycles. The van der Waals surface area contributed by atoms with Crippen LogP contribution in [0.15, 0.2) is 4.79 Å². The molecule has 0 bridgehead atoms. The summed E-state index contributed by atoms with van der Waals surface area (Å²) in [6.07, 6.45) is 3.72. The molecule has 0 atom stereocenters. The first-order valence-corrected chi connectivity index (χ1v) is 5.12. The molecular weight excluding hydrogens is 360 g/mol. The van der Waals surface area contributed by atoms with Gasteiger partial charge in [-0.15, -0.1) is 6.42 Å². The minimum Gasteiger partial charge on any atom is -0.339 e. The SMILES string of the molecule is [CH2-]Cc1c(C)nc2n(c1=O)CCCC2.[W]. The van der Waals surface area contributed by atoms with Crippen LogP contribution in [0.5, 0.6) is 0 Å². The molecule has 0 saturated heterocycles. The molecular formula is C11H15N2OW-. The van der Waals surface area contributed by atoms with Gasteiger partial charge in [0.15, 0.2) is 0 Å². The van der Waals surface area contributed by atoms with Gasteiger partial charge in [-0.3, -0.25) is 9.36 Å². The molecule has 1 aliphatic heterocycles. The molecule has 0 aromatic carbocycles. The van der Waals surface area contributed by atoms with Gasteiger partial charge < -0.3 is 6.92 Å².